The highest BCUT2D eigenvalue weighted by Crippen LogP contribution is 2.39. The van der Waals surface area contributed by atoms with Gasteiger partial charge in [0.05, 0.1) is 12.2 Å². The molecule has 0 bridgehead atoms. The van der Waals surface area contributed by atoms with Crippen molar-refractivity contribution in [2.24, 2.45) is 17.3 Å². The second kappa shape index (κ2) is 5.92. The van der Waals surface area contributed by atoms with Crippen LogP contribution in [0.1, 0.15) is 65.7 Å². The van der Waals surface area contributed by atoms with Crippen LogP contribution in [0.25, 0.3) is 0 Å². The minimum atomic E-state index is -0.231. The van der Waals surface area contributed by atoms with Gasteiger partial charge in [0.15, 0.2) is 0 Å². The second-order valence-electron chi connectivity index (χ2n) is 7.47. The van der Waals surface area contributed by atoms with Gasteiger partial charge in [0.2, 0.25) is 0 Å². The van der Waals surface area contributed by atoms with Gasteiger partial charge in [-0.1, -0.05) is 33.6 Å². The van der Waals surface area contributed by atoms with Crippen LogP contribution in [0.15, 0.2) is 0 Å². The van der Waals surface area contributed by atoms with E-state index in [2.05, 4.69) is 20.8 Å². The first kappa shape index (κ1) is 14.3. The third kappa shape index (κ3) is 3.71. The summed E-state index contributed by atoms with van der Waals surface area (Å²) < 4.78 is 6.05. The zero-order valence-electron chi connectivity index (χ0n) is 12.3. The highest BCUT2D eigenvalue weighted by molar-refractivity contribution is 4.86. The van der Waals surface area contributed by atoms with Gasteiger partial charge in [-0.3, -0.25) is 0 Å². The first-order chi connectivity index (χ1) is 8.47. The Bertz CT molecular complexity index is 250. The first-order valence-corrected chi connectivity index (χ1v) is 7.76. The van der Waals surface area contributed by atoms with E-state index in [1.807, 2.05) is 0 Å². The summed E-state index contributed by atoms with van der Waals surface area (Å²) in [7, 11) is 0. The van der Waals surface area contributed by atoms with Crippen molar-refractivity contribution in [2.45, 2.75) is 77.9 Å². The average molecular weight is 254 g/mol. The normalized spacial score (nSPS) is 35.0. The third-order valence-electron chi connectivity index (χ3n) is 5.00. The molecule has 2 saturated carbocycles. The highest BCUT2D eigenvalue weighted by atomic mass is 16.5. The predicted octanol–water partition coefficient (Wildman–Crippen LogP) is 3.77. The average Bonchev–Trinajstić information content (AvgIpc) is 2.79. The van der Waals surface area contributed by atoms with Gasteiger partial charge in [0, 0.05) is 6.61 Å². The highest BCUT2D eigenvalue weighted by Gasteiger charge is 2.36. The molecule has 0 aromatic rings. The Labute approximate surface area is 112 Å². The van der Waals surface area contributed by atoms with Gasteiger partial charge in [-0.05, 0) is 49.4 Å². The lowest BCUT2D eigenvalue weighted by Gasteiger charge is -2.40. The lowest BCUT2D eigenvalue weighted by atomic mass is 9.71. The Hall–Kier alpha value is -0.0800. The predicted molar refractivity (Wildman–Crippen MR) is 74.5 cm³/mol. The fourth-order valence-corrected chi connectivity index (χ4v) is 3.52. The van der Waals surface area contributed by atoms with Crippen molar-refractivity contribution in [3.63, 3.8) is 0 Å². The molecule has 0 aromatic heterocycles. The maximum atomic E-state index is 10.1. The molecule has 0 amide bonds. The lowest BCUT2D eigenvalue weighted by Crippen LogP contribution is -2.40. The second-order valence-corrected chi connectivity index (χ2v) is 7.47. The number of rotatable bonds is 3. The van der Waals surface area contributed by atoms with Crippen LogP contribution in [0.4, 0.5) is 0 Å². The van der Waals surface area contributed by atoms with Crippen LogP contribution in [0.5, 0.6) is 0 Å². The van der Waals surface area contributed by atoms with Crippen LogP contribution < -0.4 is 0 Å². The van der Waals surface area contributed by atoms with Crippen molar-refractivity contribution in [2.75, 3.05) is 6.61 Å². The maximum absolute atomic E-state index is 10.1. The van der Waals surface area contributed by atoms with Crippen LogP contribution in [0, 0.1) is 17.3 Å². The Morgan fingerprint density at radius 1 is 1.06 bits per heavy atom. The summed E-state index contributed by atoms with van der Waals surface area (Å²) in [5.74, 6) is 1.45. The molecule has 18 heavy (non-hydrogen) atoms. The van der Waals surface area contributed by atoms with Gasteiger partial charge in [0.1, 0.15) is 0 Å². The molecule has 2 rings (SSSR count). The van der Waals surface area contributed by atoms with Crippen molar-refractivity contribution in [1.82, 2.24) is 0 Å². The molecule has 2 heteroatoms. The Morgan fingerprint density at radius 3 is 2.33 bits per heavy atom. The van der Waals surface area contributed by atoms with E-state index in [0.29, 0.717) is 11.3 Å². The monoisotopic (exact) mass is 254 g/mol. The summed E-state index contributed by atoms with van der Waals surface area (Å²) >= 11 is 0. The van der Waals surface area contributed by atoms with Crippen LogP contribution in [-0.4, -0.2) is 23.9 Å². The van der Waals surface area contributed by atoms with E-state index in [1.54, 1.807) is 0 Å². The minimum absolute atomic E-state index is 0.0866. The van der Waals surface area contributed by atoms with E-state index in [9.17, 15) is 5.11 Å². The zero-order valence-corrected chi connectivity index (χ0v) is 12.3. The standard InChI is InChI=1S/C16H30O2/c1-16(2,3)13-8-9-14(17)15(10-13)18-11-12-6-4-5-7-12/h12-15,17H,4-11H2,1-3H3. The maximum Gasteiger partial charge on any atom is 0.0836 e. The molecule has 106 valence electrons. The summed E-state index contributed by atoms with van der Waals surface area (Å²) in [5, 5.41) is 10.1. The molecule has 0 aromatic carbocycles. The molecular weight excluding hydrogens is 224 g/mol. The van der Waals surface area contributed by atoms with Crippen molar-refractivity contribution < 1.29 is 9.84 Å². The van der Waals surface area contributed by atoms with Crippen molar-refractivity contribution >= 4 is 0 Å². The number of hydrogen-bond donors (Lipinski definition) is 1. The Morgan fingerprint density at radius 2 is 1.72 bits per heavy atom. The number of ether oxygens (including phenoxy) is 1. The molecule has 2 nitrogen and oxygen atoms in total. The molecule has 3 unspecified atom stereocenters. The lowest BCUT2D eigenvalue weighted by molar-refractivity contribution is -0.0916. The van der Waals surface area contributed by atoms with Gasteiger partial charge < -0.3 is 9.84 Å². The molecule has 0 spiro atoms. The number of aliphatic hydroxyl groups is 1. The van der Waals surface area contributed by atoms with Gasteiger partial charge in [-0.15, -0.1) is 0 Å². The summed E-state index contributed by atoms with van der Waals surface area (Å²) in [5.41, 5.74) is 0.342. The van der Waals surface area contributed by atoms with E-state index in [1.165, 1.54) is 25.7 Å². The van der Waals surface area contributed by atoms with Gasteiger partial charge in [-0.25, -0.2) is 0 Å². The zero-order chi connectivity index (χ0) is 13.2. The molecule has 1 N–H and O–H groups in total. The Balaban J connectivity index is 1.81. The molecule has 0 saturated heterocycles. The van der Waals surface area contributed by atoms with Crippen LogP contribution >= 0.6 is 0 Å². The largest absolute Gasteiger partial charge is 0.390 e. The molecule has 2 fully saturated rings. The fraction of sp³-hybridized carbons (Fsp3) is 1.00. The van der Waals surface area contributed by atoms with Gasteiger partial charge >= 0.3 is 0 Å². The molecular formula is C16H30O2. The molecule has 0 radical (unpaired) electrons. The first-order valence-electron chi connectivity index (χ1n) is 7.76. The van der Waals surface area contributed by atoms with E-state index in [4.69, 9.17) is 4.74 Å². The van der Waals surface area contributed by atoms with Crippen molar-refractivity contribution in [1.29, 1.82) is 0 Å². The number of aliphatic hydroxyl groups excluding tert-OH is 1. The summed E-state index contributed by atoms with van der Waals surface area (Å²) in [4.78, 5) is 0. The van der Waals surface area contributed by atoms with E-state index in [0.717, 1.165) is 31.8 Å². The van der Waals surface area contributed by atoms with Crippen molar-refractivity contribution in [3.05, 3.63) is 0 Å². The molecule has 2 aliphatic rings. The molecule has 0 aliphatic heterocycles. The van der Waals surface area contributed by atoms with Crippen LogP contribution in [0.2, 0.25) is 0 Å². The number of hydrogen-bond acceptors (Lipinski definition) is 2. The molecule has 3 atom stereocenters. The molecule has 0 heterocycles. The van der Waals surface area contributed by atoms with E-state index >= 15 is 0 Å². The van der Waals surface area contributed by atoms with Crippen LogP contribution in [-0.2, 0) is 4.74 Å². The SMILES string of the molecule is CC(C)(C)C1CCC(O)C(OCC2CCCC2)C1. The minimum Gasteiger partial charge on any atom is -0.390 e. The fourth-order valence-electron chi connectivity index (χ4n) is 3.52. The van der Waals surface area contributed by atoms with Gasteiger partial charge in [-0.2, -0.15) is 0 Å². The summed E-state index contributed by atoms with van der Waals surface area (Å²) in [6, 6.07) is 0. The smallest absolute Gasteiger partial charge is 0.0836 e. The quantitative estimate of drug-likeness (QED) is 0.830. The third-order valence-corrected chi connectivity index (χ3v) is 5.00. The summed E-state index contributed by atoms with van der Waals surface area (Å²) in [6.07, 6.45) is 8.34. The van der Waals surface area contributed by atoms with Crippen molar-refractivity contribution in [3.8, 4) is 0 Å². The topological polar surface area (TPSA) is 29.5 Å². The van der Waals surface area contributed by atoms with E-state index in [-0.39, 0.29) is 12.2 Å². The Kier molecular flexibility index (Phi) is 4.71. The molecule has 2 aliphatic carbocycles. The van der Waals surface area contributed by atoms with E-state index < -0.39 is 0 Å². The van der Waals surface area contributed by atoms with Gasteiger partial charge in [0.25, 0.3) is 0 Å². The van der Waals surface area contributed by atoms with Crippen LogP contribution in [0.3, 0.4) is 0 Å². The summed E-state index contributed by atoms with van der Waals surface area (Å²) in [6.45, 7) is 7.80.